The van der Waals surface area contributed by atoms with Crippen LogP contribution in [0.4, 0.5) is 13.2 Å². The molecule has 17 heavy (non-hydrogen) atoms. The quantitative estimate of drug-likeness (QED) is 0.602. The Morgan fingerprint density at radius 1 is 1.06 bits per heavy atom. The number of alkyl halides is 3. The number of ether oxygens (including phenoxy) is 1. The Kier molecular flexibility index (Phi) is 5.73. The van der Waals surface area contributed by atoms with E-state index in [2.05, 4.69) is 0 Å². The van der Waals surface area contributed by atoms with Crippen LogP contribution in [-0.4, -0.2) is 24.9 Å². The van der Waals surface area contributed by atoms with Crippen molar-refractivity contribution < 1.29 is 17.9 Å². The molecule has 0 radical (unpaired) electrons. The van der Waals surface area contributed by atoms with Crippen LogP contribution in [-0.2, 0) is 4.74 Å². The molecule has 1 rings (SSSR count). The summed E-state index contributed by atoms with van der Waals surface area (Å²) in [6.07, 6.45) is 1.43. The SMILES string of the molecule is NCC1(OCCCC(F)(F)F)CCCCCC1. The van der Waals surface area contributed by atoms with Gasteiger partial charge in [-0.05, 0) is 19.3 Å². The zero-order valence-corrected chi connectivity index (χ0v) is 10.2. The predicted octanol–water partition coefficient (Wildman–Crippen LogP) is 3.40. The maximum atomic E-state index is 12.0. The third kappa shape index (κ3) is 5.73. The highest BCUT2D eigenvalue weighted by Crippen LogP contribution is 2.30. The molecule has 0 bridgehead atoms. The van der Waals surface area contributed by atoms with E-state index < -0.39 is 12.6 Å². The van der Waals surface area contributed by atoms with Gasteiger partial charge in [0.1, 0.15) is 0 Å². The molecule has 0 aromatic rings. The minimum absolute atomic E-state index is 0.0330. The molecular weight excluding hydrogens is 231 g/mol. The van der Waals surface area contributed by atoms with E-state index in [9.17, 15) is 13.2 Å². The van der Waals surface area contributed by atoms with Crippen LogP contribution in [0.5, 0.6) is 0 Å². The van der Waals surface area contributed by atoms with Crippen molar-refractivity contribution in [3.8, 4) is 0 Å². The van der Waals surface area contributed by atoms with E-state index in [0.29, 0.717) is 6.54 Å². The van der Waals surface area contributed by atoms with Crippen LogP contribution < -0.4 is 5.73 Å². The molecule has 0 aromatic carbocycles. The molecule has 0 spiro atoms. The third-order valence-electron chi connectivity index (χ3n) is 3.40. The highest BCUT2D eigenvalue weighted by atomic mass is 19.4. The van der Waals surface area contributed by atoms with E-state index in [1.54, 1.807) is 0 Å². The molecule has 5 heteroatoms. The summed E-state index contributed by atoms with van der Waals surface area (Å²) in [5.41, 5.74) is 5.37. The first kappa shape index (κ1) is 14.8. The van der Waals surface area contributed by atoms with Crippen LogP contribution in [0.2, 0.25) is 0 Å². The van der Waals surface area contributed by atoms with Gasteiger partial charge < -0.3 is 10.5 Å². The number of rotatable bonds is 5. The summed E-state index contributed by atoms with van der Waals surface area (Å²) in [5.74, 6) is 0. The van der Waals surface area contributed by atoms with E-state index >= 15 is 0 Å². The number of hydrogen-bond donors (Lipinski definition) is 1. The molecule has 102 valence electrons. The molecule has 0 aliphatic heterocycles. The Morgan fingerprint density at radius 3 is 2.12 bits per heavy atom. The molecule has 1 saturated carbocycles. The van der Waals surface area contributed by atoms with Gasteiger partial charge in [-0.25, -0.2) is 0 Å². The number of hydrogen-bond acceptors (Lipinski definition) is 2. The van der Waals surface area contributed by atoms with Crippen molar-refractivity contribution in [2.45, 2.75) is 63.1 Å². The van der Waals surface area contributed by atoms with Crippen molar-refractivity contribution in [2.24, 2.45) is 5.73 Å². The Hall–Kier alpha value is -0.290. The lowest BCUT2D eigenvalue weighted by Gasteiger charge is -2.31. The maximum Gasteiger partial charge on any atom is 0.389 e. The molecule has 1 fully saturated rings. The minimum atomic E-state index is -4.08. The van der Waals surface area contributed by atoms with E-state index in [0.717, 1.165) is 25.7 Å². The lowest BCUT2D eigenvalue weighted by molar-refractivity contribution is -0.142. The monoisotopic (exact) mass is 253 g/mol. The van der Waals surface area contributed by atoms with Gasteiger partial charge in [-0.2, -0.15) is 13.2 Å². The molecule has 0 saturated heterocycles. The van der Waals surface area contributed by atoms with Gasteiger partial charge >= 0.3 is 6.18 Å². The van der Waals surface area contributed by atoms with E-state index in [-0.39, 0.29) is 18.6 Å². The Labute approximate surface area is 101 Å². The first-order valence-electron chi connectivity index (χ1n) is 6.38. The lowest BCUT2D eigenvalue weighted by Crippen LogP contribution is -2.40. The summed E-state index contributed by atoms with van der Waals surface area (Å²) < 4.78 is 41.6. The molecule has 1 aliphatic rings. The van der Waals surface area contributed by atoms with Crippen molar-refractivity contribution in [3.05, 3.63) is 0 Å². The topological polar surface area (TPSA) is 35.2 Å². The van der Waals surface area contributed by atoms with Crippen molar-refractivity contribution >= 4 is 0 Å². The molecule has 0 heterocycles. The summed E-state index contributed by atoms with van der Waals surface area (Å²) in [6.45, 7) is 0.579. The summed E-state index contributed by atoms with van der Waals surface area (Å²) in [6, 6.07) is 0. The minimum Gasteiger partial charge on any atom is -0.374 e. The molecule has 2 N–H and O–H groups in total. The lowest BCUT2D eigenvalue weighted by atomic mass is 9.94. The maximum absolute atomic E-state index is 12.0. The van der Waals surface area contributed by atoms with Crippen molar-refractivity contribution in [1.29, 1.82) is 0 Å². The Balaban J connectivity index is 2.30. The fourth-order valence-electron chi connectivity index (χ4n) is 2.34. The first-order valence-corrected chi connectivity index (χ1v) is 6.38. The second kappa shape index (κ2) is 6.59. The van der Waals surface area contributed by atoms with Gasteiger partial charge in [0, 0.05) is 19.6 Å². The van der Waals surface area contributed by atoms with Crippen molar-refractivity contribution in [3.63, 3.8) is 0 Å². The van der Waals surface area contributed by atoms with Gasteiger partial charge in [-0.15, -0.1) is 0 Å². The first-order chi connectivity index (χ1) is 7.97. The summed E-state index contributed by atoms with van der Waals surface area (Å²) in [7, 11) is 0. The normalized spacial score (nSPS) is 21.2. The van der Waals surface area contributed by atoms with Crippen LogP contribution in [0, 0.1) is 0 Å². The van der Waals surface area contributed by atoms with Crippen LogP contribution in [0.15, 0.2) is 0 Å². The van der Waals surface area contributed by atoms with E-state index in [4.69, 9.17) is 10.5 Å². The number of halogens is 3. The molecule has 0 amide bonds. The standard InChI is InChI=1S/C12H22F3NO/c13-12(14,15)8-5-9-17-11(10-16)6-3-1-2-4-7-11/h1-10,16H2. The largest absolute Gasteiger partial charge is 0.389 e. The average Bonchev–Trinajstić information content (AvgIpc) is 2.49. The Morgan fingerprint density at radius 2 is 1.65 bits per heavy atom. The van der Waals surface area contributed by atoms with Crippen molar-refractivity contribution in [2.75, 3.05) is 13.2 Å². The average molecular weight is 253 g/mol. The van der Waals surface area contributed by atoms with Crippen LogP contribution in [0.25, 0.3) is 0 Å². The fraction of sp³-hybridized carbons (Fsp3) is 1.00. The molecule has 1 aliphatic carbocycles. The van der Waals surface area contributed by atoms with Gasteiger partial charge in [0.05, 0.1) is 5.60 Å². The zero-order chi connectivity index (χ0) is 12.8. The molecule has 2 nitrogen and oxygen atoms in total. The van der Waals surface area contributed by atoms with Gasteiger partial charge in [-0.3, -0.25) is 0 Å². The summed E-state index contributed by atoms with van der Waals surface area (Å²) in [4.78, 5) is 0. The summed E-state index contributed by atoms with van der Waals surface area (Å²) in [5, 5.41) is 0. The molecular formula is C12H22F3NO. The predicted molar refractivity (Wildman–Crippen MR) is 60.7 cm³/mol. The number of nitrogens with two attached hydrogens (primary N) is 1. The van der Waals surface area contributed by atoms with Gasteiger partial charge in [0.15, 0.2) is 0 Å². The van der Waals surface area contributed by atoms with Gasteiger partial charge in [0.25, 0.3) is 0 Å². The molecule has 0 atom stereocenters. The Bertz CT molecular complexity index is 210. The van der Waals surface area contributed by atoms with E-state index in [1.807, 2.05) is 0 Å². The second-order valence-corrected chi connectivity index (χ2v) is 4.87. The van der Waals surface area contributed by atoms with Crippen LogP contribution in [0.3, 0.4) is 0 Å². The van der Waals surface area contributed by atoms with Gasteiger partial charge in [0.2, 0.25) is 0 Å². The van der Waals surface area contributed by atoms with Crippen LogP contribution >= 0.6 is 0 Å². The molecule has 0 aromatic heterocycles. The van der Waals surface area contributed by atoms with E-state index in [1.165, 1.54) is 12.8 Å². The zero-order valence-electron chi connectivity index (χ0n) is 10.2. The highest BCUT2D eigenvalue weighted by Gasteiger charge is 2.31. The van der Waals surface area contributed by atoms with Gasteiger partial charge in [-0.1, -0.05) is 25.7 Å². The summed E-state index contributed by atoms with van der Waals surface area (Å²) >= 11 is 0. The van der Waals surface area contributed by atoms with Crippen LogP contribution in [0.1, 0.15) is 51.4 Å². The smallest absolute Gasteiger partial charge is 0.374 e. The van der Waals surface area contributed by atoms with Crippen molar-refractivity contribution in [1.82, 2.24) is 0 Å². The second-order valence-electron chi connectivity index (χ2n) is 4.87. The highest BCUT2D eigenvalue weighted by molar-refractivity contribution is 4.84. The molecule has 0 unspecified atom stereocenters. The fourth-order valence-corrected chi connectivity index (χ4v) is 2.34. The third-order valence-corrected chi connectivity index (χ3v) is 3.40.